The summed E-state index contributed by atoms with van der Waals surface area (Å²) in [7, 11) is 1.94. The van der Waals surface area contributed by atoms with E-state index in [9.17, 15) is 0 Å². The Balaban J connectivity index is 1.81. The van der Waals surface area contributed by atoms with E-state index in [-0.39, 0.29) is 0 Å². The molecule has 0 fully saturated rings. The summed E-state index contributed by atoms with van der Waals surface area (Å²) in [6, 6.07) is 8.11. The van der Waals surface area contributed by atoms with E-state index in [1.807, 2.05) is 30.7 Å². The summed E-state index contributed by atoms with van der Waals surface area (Å²) in [5, 5.41) is 11.2. The molecule has 5 heteroatoms. The van der Waals surface area contributed by atoms with Gasteiger partial charge in [-0.1, -0.05) is 12.1 Å². The predicted octanol–water partition coefficient (Wildman–Crippen LogP) is 1.50. The van der Waals surface area contributed by atoms with E-state index in [0.717, 1.165) is 18.1 Å². The summed E-state index contributed by atoms with van der Waals surface area (Å²) in [6.45, 7) is 4.20. The molecule has 18 heavy (non-hydrogen) atoms. The summed E-state index contributed by atoms with van der Waals surface area (Å²) >= 11 is 0. The number of hydrogen-bond acceptors (Lipinski definition) is 4. The van der Waals surface area contributed by atoms with E-state index in [4.69, 9.17) is 4.74 Å². The van der Waals surface area contributed by atoms with E-state index < -0.39 is 0 Å². The quantitative estimate of drug-likeness (QED) is 0.839. The highest BCUT2D eigenvalue weighted by Gasteiger charge is 2.00. The number of ether oxygens (including phenoxy) is 1. The van der Waals surface area contributed by atoms with E-state index in [1.165, 1.54) is 5.56 Å². The van der Waals surface area contributed by atoms with Crippen molar-refractivity contribution in [2.45, 2.75) is 20.0 Å². The molecular weight excluding hydrogens is 228 g/mol. The number of nitrogens with one attached hydrogen (secondary N) is 1. The summed E-state index contributed by atoms with van der Waals surface area (Å²) in [5.74, 6) is 1.84. The van der Waals surface area contributed by atoms with Crippen LogP contribution in [0.3, 0.4) is 0 Å². The normalized spacial score (nSPS) is 10.6. The molecule has 0 spiro atoms. The van der Waals surface area contributed by atoms with Crippen molar-refractivity contribution in [2.75, 3.05) is 6.61 Å². The Kier molecular flexibility index (Phi) is 4.30. The molecule has 1 heterocycles. The number of rotatable bonds is 6. The van der Waals surface area contributed by atoms with Crippen LogP contribution in [-0.2, 0) is 20.1 Å². The third kappa shape index (κ3) is 3.30. The molecule has 0 saturated heterocycles. The lowest BCUT2D eigenvalue weighted by Crippen LogP contribution is -2.15. The standard InChI is InChI=1S/C13H18N4O/c1-3-18-12-6-4-11(5-7-12)8-14-9-13-16-15-10-17(13)2/h4-7,10,14H,3,8-9H2,1-2H3. The molecule has 0 amide bonds. The zero-order valence-electron chi connectivity index (χ0n) is 10.8. The van der Waals surface area contributed by atoms with Gasteiger partial charge in [0.05, 0.1) is 13.2 Å². The molecule has 0 saturated carbocycles. The topological polar surface area (TPSA) is 52.0 Å². The smallest absolute Gasteiger partial charge is 0.146 e. The Bertz CT molecular complexity index is 478. The Morgan fingerprint density at radius 3 is 2.61 bits per heavy atom. The maximum Gasteiger partial charge on any atom is 0.146 e. The first-order chi connectivity index (χ1) is 8.79. The Hall–Kier alpha value is -1.88. The highest BCUT2D eigenvalue weighted by molar-refractivity contribution is 5.27. The van der Waals surface area contributed by atoms with Crippen LogP contribution >= 0.6 is 0 Å². The number of aromatic nitrogens is 3. The van der Waals surface area contributed by atoms with Crippen molar-refractivity contribution in [3.63, 3.8) is 0 Å². The molecule has 0 radical (unpaired) electrons. The third-order valence-corrected chi connectivity index (χ3v) is 2.65. The molecule has 0 bridgehead atoms. The van der Waals surface area contributed by atoms with E-state index in [2.05, 4.69) is 27.6 Å². The minimum atomic E-state index is 0.698. The van der Waals surface area contributed by atoms with Gasteiger partial charge in [-0.15, -0.1) is 10.2 Å². The highest BCUT2D eigenvalue weighted by Crippen LogP contribution is 2.11. The molecule has 0 aliphatic carbocycles. The lowest BCUT2D eigenvalue weighted by molar-refractivity contribution is 0.340. The molecule has 2 aromatic rings. The first-order valence-corrected chi connectivity index (χ1v) is 6.05. The predicted molar refractivity (Wildman–Crippen MR) is 69.2 cm³/mol. The summed E-state index contributed by atoms with van der Waals surface area (Å²) < 4.78 is 7.31. The van der Waals surface area contributed by atoms with Crippen LogP contribution in [0.1, 0.15) is 18.3 Å². The minimum absolute atomic E-state index is 0.698. The van der Waals surface area contributed by atoms with Crippen LogP contribution in [0.25, 0.3) is 0 Å². The second-order valence-corrected chi connectivity index (χ2v) is 4.04. The number of aryl methyl sites for hydroxylation is 1. The second-order valence-electron chi connectivity index (χ2n) is 4.04. The van der Waals surface area contributed by atoms with Crippen LogP contribution in [-0.4, -0.2) is 21.4 Å². The van der Waals surface area contributed by atoms with Gasteiger partial charge in [0.2, 0.25) is 0 Å². The molecule has 1 aromatic heterocycles. The van der Waals surface area contributed by atoms with Gasteiger partial charge in [-0.3, -0.25) is 0 Å². The van der Waals surface area contributed by atoms with Gasteiger partial charge in [-0.05, 0) is 24.6 Å². The first-order valence-electron chi connectivity index (χ1n) is 6.05. The molecule has 2 rings (SSSR count). The zero-order valence-corrected chi connectivity index (χ0v) is 10.8. The van der Waals surface area contributed by atoms with Crippen molar-refractivity contribution < 1.29 is 4.74 Å². The summed E-state index contributed by atoms with van der Waals surface area (Å²) in [6.07, 6.45) is 1.70. The van der Waals surface area contributed by atoms with Gasteiger partial charge in [0.1, 0.15) is 17.9 Å². The van der Waals surface area contributed by atoms with E-state index in [0.29, 0.717) is 13.2 Å². The largest absolute Gasteiger partial charge is 0.494 e. The monoisotopic (exact) mass is 246 g/mol. The fourth-order valence-corrected chi connectivity index (χ4v) is 1.66. The lowest BCUT2D eigenvalue weighted by Gasteiger charge is -2.06. The molecule has 1 N–H and O–H groups in total. The maximum atomic E-state index is 5.40. The first kappa shape index (κ1) is 12.6. The number of benzene rings is 1. The van der Waals surface area contributed by atoms with Crippen LogP contribution in [0.2, 0.25) is 0 Å². The summed E-state index contributed by atoms with van der Waals surface area (Å²) in [4.78, 5) is 0. The van der Waals surface area contributed by atoms with Gasteiger partial charge in [0.25, 0.3) is 0 Å². The Labute approximate surface area is 107 Å². The van der Waals surface area contributed by atoms with Crippen molar-refractivity contribution in [1.29, 1.82) is 0 Å². The van der Waals surface area contributed by atoms with Crippen LogP contribution in [0.15, 0.2) is 30.6 Å². The molecule has 0 aliphatic rings. The average Bonchev–Trinajstić information content (AvgIpc) is 2.78. The second kappa shape index (κ2) is 6.16. The Morgan fingerprint density at radius 2 is 2.00 bits per heavy atom. The van der Waals surface area contributed by atoms with Gasteiger partial charge >= 0.3 is 0 Å². The third-order valence-electron chi connectivity index (χ3n) is 2.65. The molecular formula is C13H18N4O. The number of nitrogens with zero attached hydrogens (tertiary/aromatic N) is 3. The van der Waals surface area contributed by atoms with Crippen LogP contribution in [0.5, 0.6) is 5.75 Å². The Morgan fingerprint density at radius 1 is 1.22 bits per heavy atom. The van der Waals surface area contributed by atoms with Crippen LogP contribution in [0, 0.1) is 0 Å². The van der Waals surface area contributed by atoms with Gasteiger partial charge in [-0.25, -0.2) is 0 Å². The minimum Gasteiger partial charge on any atom is -0.494 e. The van der Waals surface area contributed by atoms with E-state index in [1.54, 1.807) is 6.33 Å². The molecule has 0 atom stereocenters. The van der Waals surface area contributed by atoms with Crippen molar-refractivity contribution in [2.24, 2.45) is 7.05 Å². The molecule has 0 aliphatic heterocycles. The molecule has 0 unspecified atom stereocenters. The van der Waals surface area contributed by atoms with Gasteiger partial charge in [-0.2, -0.15) is 0 Å². The van der Waals surface area contributed by atoms with Crippen LogP contribution in [0.4, 0.5) is 0 Å². The highest BCUT2D eigenvalue weighted by atomic mass is 16.5. The molecule has 5 nitrogen and oxygen atoms in total. The van der Waals surface area contributed by atoms with Crippen LogP contribution < -0.4 is 10.1 Å². The van der Waals surface area contributed by atoms with Crippen molar-refractivity contribution >= 4 is 0 Å². The zero-order chi connectivity index (χ0) is 12.8. The van der Waals surface area contributed by atoms with Crippen molar-refractivity contribution in [3.05, 3.63) is 42.0 Å². The van der Waals surface area contributed by atoms with E-state index >= 15 is 0 Å². The van der Waals surface area contributed by atoms with Crippen molar-refractivity contribution in [1.82, 2.24) is 20.1 Å². The molecule has 96 valence electrons. The SMILES string of the molecule is CCOc1ccc(CNCc2nncn2C)cc1. The van der Waals surface area contributed by atoms with Crippen molar-refractivity contribution in [3.8, 4) is 5.75 Å². The number of hydrogen-bond donors (Lipinski definition) is 1. The van der Waals surface area contributed by atoms with Gasteiger partial charge in [0, 0.05) is 13.6 Å². The fraction of sp³-hybridized carbons (Fsp3) is 0.385. The van der Waals surface area contributed by atoms with Gasteiger partial charge < -0.3 is 14.6 Å². The fourth-order valence-electron chi connectivity index (χ4n) is 1.66. The molecule has 1 aromatic carbocycles. The average molecular weight is 246 g/mol. The lowest BCUT2D eigenvalue weighted by atomic mass is 10.2. The maximum absolute atomic E-state index is 5.40. The summed E-state index contributed by atoms with van der Waals surface area (Å²) in [5.41, 5.74) is 1.22. The van der Waals surface area contributed by atoms with Gasteiger partial charge in [0.15, 0.2) is 0 Å².